The fourth-order valence-corrected chi connectivity index (χ4v) is 2.74. The Balaban J connectivity index is 1.99. The van der Waals surface area contributed by atoms with Crippen LogP contribution >= 0.6 is 0 Å². The fraction of sp³-hybridized carbons (Fsp3) is 0.318. The van der Waals surface area contributed by atoms with Gasteiger partial charge in [-0.2, -0.15) is 0 Å². The Labute approximate surface area is 175 Å². The van der Waals surface area contributed by atoms with E-state index in [-0.39, 0.29) is 13.0 Å². The molecular weight excluding hydrogens is 388 g/mol. The van der Waals surface area contributed by atoms with E-state index in [0.717, 1.165) is 11.1 Å². The maximum absolute atomic E-state index is 12.7. The Morgan fingerprint density at radius 3 is 2.03 bits per heavy atom. The van der Waals surface area contributed by atoms with Crippen LogP contribution in [0.25, 0.3) is 0 Å². The molecular formula is C22H26N2O6. The van der Waals surface area contributed by atoms with Crippen molar-refractivity contribution in [3.8, 4) is 0 Å². The molecule has 3 N–H and O–H groups in total. The van der Waals surface area contributed by atoms with Crippen LogP contribution in [0.15, 0.2) is 60.7 Å². The zero-order chi connectivity index (χ0) is 21.9. The second-order valence-electron chi connectivity index (χ2n) is 6.70. The van der Waals surface area contributed by atoms with E-state index in [1.807, 2.05) is 48.5 Å². The number of alkyl carbamates (subject to hydrolysis) is 1. The van der Waals surface area contributed by atoms with Crippen molar-refractivity contribution in [2.75, 3.05) is 7.11 Å². The summed E-state index contributed by atoms with van der Waals surface area (Å²) in [5.41, 5.74) is 1.59. The lowest BCUT2D eigenvalue weighted by Crippen LogP contribution is -2.56. The number of rotatable bonds is 9. The Bertz CT molecular complexity index is 826. The number of benzene rings is 2. The van der Waals surface area contributed by atoms with E-state index >= 15 is 0 Å². The van der Waals surface area contributed by atoms with Crippen LogP contribution in [0.2, 0.25) is 0 Å². The van der Waals surface area contributed by atoms with Gasteiger partial charge in [-0.25, -0.2) is 9.59 Å². The quantitative estimate of drug-likeness (QED) is 0.537. The average molecular weight is 414 g/mol. The highest BCUT2D eigenvalue weighted by Gasteiger charge is 2.30. The zero-order valence-electron chi connectivity index (χ0n) is 16.9. The van der Waals surface area contributed by atoms with Crippen molar-refractivity contribution in [2.24, 2.45) is 0 Å². The summed E-state index contributed by atoms with van der Waals surface area (Å²) in [6, 6.07) is 15.8. The van der Waals surface area contributed by atoms with E-state index in [2.05, 4.69) is 10.6 Å². The van der Waals surface area contributed by atoms with Crippen LogP contribution in [0.1, 0.15) is 18.1 Å². The molecule has 0 saturated heterocycles. The first kappa shape index (κ1) is 22.9. The summed E-state index contributed by atoms with van der Waals surface area (Å²) in [6.07, 6.45) is -1.88. The lowest BCUT2D eigenvalue weighted by Gasteiger charge is -2.23. The third-order valence-corrected chi connectivity index (χ3v) is 4.34. The molecule has 2 aromatic carbocycles. The molecule has 160 valence electrons. The third kappa shape index (κ3) is 7.21. The smallest absolute Gasteiger partial charge is 0.408 e. The summed E-state index contributed by atoms with van der Waals surface area (Å²) in [5.74, 6) is -1.36. The van der Waals surface area contributed by atoms with E-state index in [1.54, 1.807) is 12.1 Å². The molecule has 8 heteroatoms. The Morgan fingerprint density at radius 2 is 1.50 bits per heavy atom. The van der Waals surface area contributed by atoms with Gasteiger partial charge in [-0.3, -0.25) is 4.79 Å². The van der Waals surface area contributed by atoms with Crippen molar-refractivity contribution in [3.63, 3.8) is 0 Å². The number of esters is 1. The summed E-state index contributed by atoms with van der Waals surface area (Å²) < 4.78 is 9.86. The van der Waals surface area contributed by atoms with Gasteiger partial charge in [0.1, 0.15) is 18.7 Å². The van der Waals surface area contributed by atoms with Crippen molar-refractivity contribution in [1.29, 1.82) is 0 Å². The summed E-state index contributed by atoms with van der Waals surface area (Å²) in [7, 11) is 1.22. The van der Waals surface area contributed by atoms with Gasteiger partial charge in [0, 0.05) is 6.42 Å². The highest BCUT2D eigenvalue weighted by Crippen LogP contribution is 2.06. The highest BCUT2D eigenvalue weighted by molar-refractivity contribution is 5.90. The molecule has 30 heavy (non-hydrogen) atoms. The number of carbonyl (C=O) groups is 3. The van der Waals surface area contributed by atoms with E-state index in [9.17, 15) is 19.5 Å². The van der Waals surface area contributed by atoms with Crippen molar-refractivity contribution in [2.45, 2.75) is 38.1 Å². The number of hydrogen-bond donors (Lipinski definition) is 3. The normalized spacial score (nSPS) is 13.4. The Hall–Kier alpha value is -3.39. The number of hydrogen-bond acceptors (Lipinski definition) is 6. The van der Waals surface area contributed by atoms with Crippen molar-refractivity contribution >= 4 is 18.0 Å². The van der Waals surface area contributed by atoms with Crippen molar-refractivity contribution in [1.82, 2.24) is 10.6 Å². The topological polar surface area (TPSA) is 114 Å². The monoisotopic (exact) mass is 414 g/mol. The van der Waals surface area contributed by atoms with E-state index in [0.29, 0.717) is 0 Å². The fourth-order valence-electron chi connectivity index (χ4n) is 2.74. The molecule has 0 bridgehead atoms. The van der Waals surface area contributed by atoms with E-state index in [1.165, 1.54) is 14.0 Å². The van der Waals surface area contributed by atoms with Crippen LogP contribution in [0.3, 0.4) is 0 Å². The Morgan fingerprint density at radius 1 is 0.933 bits per heavy atom. The molecule has 3 atom stereocenters. The summed E-state index contributed by atoms with van der Waals surface area (Å²) >= 11 is 0. The molecule has 0 aliphatic carbocycles. The van der Waals surface area contributed by atoms with Crippen LogP contribution in [-0.2, 0) is 32.1 Å². The molecule has 0 aliphatic heterocycles. The molecule has 0 unspecified atom stereocenters. The van der Waals surface area contributed by atoms with Crippen LogP contribution < -0.4 is 10.6 Å². The minimum atomic E-state index is -1.31. The first-order chi connectivity index (χ1) is 14.4. The zero-order valence-corrected chi connectivity index (χ0v) is 16.9. The van der Waals surface area contributed by atoms with Gasteiger partial charge in [-0.1, -0.05) is 60.7 Å². The molecule has 0 saturated carbocycles. The molecule has 8 nitrogen and oxygen atoms in total. The predicted molar refractivity (Wildman–Crippen MR) is 109 cm³/mol. The lowest BCUT2D eigenvalue weighted by atomic mass is 10.0. The summed E-state index contributed by atoms with van der Waals surface area (Å²) in [6.45, 7) is 1.37. The number of nitrogens with one attached hydrogen (secondary N) is 2. The van der Waals surface area contributed by atoms with E-state index in [4.69, 9.17) is 9.47 Å². The minimum Gasteiger partial charge on any atom is -0.467 e. The van der Waals surface area contributed by atoms with Crippen molar-refractivity contribution in [3.05, 3.63) is 71.8 Å². The SMILES string of the molecule is COC(=O)[C@H](Cc1ccccc1)NC(=O)[C@H](NC(=O)OCc1ccccc1)[C@@H](C)O. The summed E-state index contributed by atoms with van der Waals surface area (Å²) in [5, 5.41) is 14.8. The van der Waals surface area contributed by atoms with E-state index < -0.39 is 36.2 Å². The van der Waals surface area contributed by atoms with Gasteiger partial charge < -0.3 is 25.2 Å². The number of amides is 2. The lowest BCUT2D eigenvalue weighted by molar-refractivity contribution is -0.145. The first-order valence-corrected chi connectivity index (χ1v) is 9.48. The standard InChI is InChI=1S/C22H26N2O6/c1-15(25)19(24-22(28)30-14-17-11-7-4-8-12-17)20(26)23-18(21(27)29-2)13-16-9-5-3-6-10-16/h3-12,15,18-19,25H,13-14H2,1-2H3,(H,23,26)(H,24,28)/t15-,18+,19-/m1/s1. The van der Waals surface area contributed by atoms with Gasteiger partial charge in [0.2, 0.25) is 5.91 Å². The van der Waals surface area contributed by atoms with Crippen molar-refractivity contribution < 1.29 is 29.0 Å². The molecule has 0 fully saturated rings. The predicted octanol–water partition coefficient (Wildman–Crippen LogP) is 1.56. The van der Waals surface area contributed by atoms with Gasteiger partial charge in [0.05, 0.1) is 13.2 Å². The first-order valence-electron chi connectivity index (χ1n) is 9.48. The van der Waals surface area contributed by atoms with Crippen LogP contribution in [-0.4, -0.2) is 48.4 Å². The minimum absolute atomic E-state index is 0.0135. The average Bonchev–Trinajstić information content (AvgIpc) is 2.76. The number of ether oxygens (including phenoxy) is 2. The van der Waals surface area contributed by atoms with Crippen LogP contribution in [0.5, 0.6) is 0 Å². The third-order valence-electron chi connectivity index (χ3n) is 4.34. The number of aliphatic hydroxyl groups is 1. The molecule has 0 aromatic heterocycles. The van der Waals surface area contributed by atoms with Gasteiger partial charge >= 0.3 is 12.1 Å². The number of aliphatic hydroxyl groups excluding tert-OH is 1. The van der Waals surface area contributed by atoms with Gasteiger partial charge in [-0.05, 0) is 18.1 Å². The van der Waals surface area contributed by atoms with Crippen LogP contribution in [0, 0.1) is 0 Å². The highest BCUT2D eigenvalue weighted by atomic mass is 16.5. The number of carbonyl (C=O) groups excluding carboxylic acids is 3. The molecule has 0 aliphatic rings. The second kappa shape index (κ2) is 11.6. The molecule has 2 aromatic rings. The molecule has 0 radical (unpaired) electrons. The summed E-state index contributed by atoms with van der Waals surface area (Å²) in [4.78, 5) is 36.9. The van der Waals surface area contributed by atoms with Gasteiger partial charge in [0.15, 0.2) is 0 Å². The Kier molecular flexibility index (Phi) is 8.83. The molecule has 0 spiro atoms. The molecule has 2 amide bonds. The maximum atomic E-state index is 12.7. The largest absolute Gasteiger partial charge is 0.467 e. The second-order valence-corrected chi connectivity index (χ2v) is 6.70. The van der Waals surface area contributed by atoms with Gasteiger partial charge in [0.25, 0.3) is 0 Å². The maximum Gasteiger partial charge on any atom is 0.408 e. The molecule has 2 rings (SSSR count). The number of methoxy groups -OCH3 is 1. The van der Waals surface area contributed by atoms with Gasteiger partial charge in [-0.15, -0.1) is 0 Å². The van der Waals surface area contributed by atoms with Crippen LogP contribution in [0.4, 0.5) is 4.79 Å². The molecule has 0 heterocycles.